The standard InChI is InChI=1S/C22H22N2O3/c1-16(24-22(26)19-12-13-27-15-19)21(25)23-14-20(17-8-4-2-5-9-17)18-10-6-3-7-11-18/h2-13,15-16,20H,14H2,1H3,(H,23,25)(H,24,26). The first-order valence-electron chi connectivity index (χ1n) is 8.86. The molecule has 138 valence electrons. The van der Waals surface area contributed by atoms with Crippen LogP contribution in [0, 0.1) is 0 Å². The molecule has 2 N–H and O–H groups in total. The van der Waals surface area contributed by atoms with Crippen molar-refractivity contribution in [3.8, 4) is 0 Å². The third-order valence-electron chi connectivity index (χ3n) is 4.41. The van der Waals surface area contributed by atoms with Crippen LogP contribution in [0.15, 0.2) is 83.7 Å². The molecule has 0 aliphatic rings. The third kappa shape index (κ3) is 4.85. The van der Waals surface area contributed by atoms with Crippen molar-refractivity contribution >= 4 is 11.8 Å². The number of benzene rings is 2. The number of carbonyl (C=O) groups is 2. The summed E-state index contributed by atoms with van der Waals surface area (Å²) in [5.41, 5.74) is 2.64. The second kappa shape index (κ2) is 8.85. The maximum absolute atomic E-state index is 12.5. The summed E-state index contributed by atoms with van der Waals surface area (Å²) in [6.45, 7) is 2.10. The van der Waals surface area contributed by atoms with Crippen molar-refractivity contribution in [3.63, 3.8) is 0 Å². The Bertz CT molecular complexity index is 822. The van der Waals surface area contributed by atoms with Gasteiger partial charge in [0.15, 0.2) is 0 Å². The Labute approximate surface area is 158 Å². The van der Waals surface area contributed by atoms with Gasteiger partial charge in [0.05, 0.1) is 11.8 Å². The Morgan fingerprint density at radius 1 is 0.926 bits per heavy atom. The second-order valence-corrected chi connectivity index (χ2v) is 6.33. The zero-order valence-electron chi connectivity index (χ0n) is 15.1. The second-order valence-electron chi connectivity index (χ2n) is 6.33. The van der Waals surface area contributed by atoms with E-state index in [0.29, 0.717) is 12.1 Å². The number of carbonyl (C=O) groups excluding carboxylic acids is 2. The molecule has 0 radical (unpaired) electrons. The van der Waals surface area contributed by atoms with Gasteiger partial charge in [-0.1, -0.05) is 60.7 Å². The lowest BCUT2D eigenvalue weighted by Gasteiger charge is -2.20. The van der Waals surface area contributed by atoms with Crippen LogP contribution in [0.5, 0.6) is 0 Å². The summed E-state index contributed by atoms with van der Waals surface area (Å²) < 4.78 is 4.89. The van der Waals surface area contributed by atoms with E-state index in [1.807, 2.05) is 60.7 Å². The molecule has 0 spiro atoms. The normalized spacial score (nSPS) is 11.8. The summed E-state index contributed by atoms with van der Waals surface area (Å²) in [4.78, 5) is 24.5. The highest BCUT2D eigenvalue weighted by atomic mass is 16.3. The van der Waals surface area contributed by atoms with Crippen LogP contribution in [0.4, 0.5) is 0 Å². The lowest BCUT2D eigenvalue weighted by molar-refractivity contribution is -0.122. The van der Waals surface area contributed by atoms with Crippen molar-refractivity contribution in [1.82, 2.24) is 10.6 Å². The SMILES string of the molecule is CC(NC(=O)c1ccoc1)C(=O)NCC(c1ccccc1)c1ccccc1. The minimum Gasteiger partial charge on any atom is -0.472 e. The van der Waals surface area contributed by atoms with Gasteiger partial charge in [-0.25, -0.2) is 0 Å². The zero-order valence-corrected chi connectivity index (χ0v) is 15.1. The first-order chi connectivity index (χ1) is 13.1. The van der Waals surface area contributed by atoms with Crippen LogP contribution >= 0.6 is 0 Å². The number of hydrogen-bond donors (Lipinski definition) is 2. The number of furan rings is 1. The predicted molar refractivity (Wildman–Crippen MR) is 103 cm³/mol. The molecule has 27 heavy (non-hydrogen) atoms. The van der Waals surface area contributed by atoms with Crippen LogP contribution in [-0.4, -0.2) is 24.4 Å². The molecule has 1 atom stereocenters. The van der Waals surface area contributed by atoms with Crippen molar-refractivity contribution in [3.05, 3.63) is 95.9 Å². The summed E-state index contributed by atoms with van der Waals surface area (Å²) in [6, 6.07) is 21.0. The van der Waals surface area contributed by atoms with Gasteiger partial charge in [-0.15, -0.1) is 0 Å². The largest absolute Gasteiger partial charge is 0.472 e. The maximum Gasteiger partial charge on any atom is 0.255 e. The van der Waals surface area contributed by atoms with Gasteiger partial charge >= 0.3 is 0 Å². The summed E-state index contributed by atoms with van der Waals surface area (Å²) >= 11 is 0. The van der Waals surface area contributed by atoms with E-state index in [-0.39, 0.29) is 17.7 Å². The van der Waals surface area contributed by atoms with E-state index in [2.05, 4.69) is 10.6 Å². The molecule has 3 rings (SSSR count). The first kappa shape index (κ1) is 18.5. The molecular formula is C22H22N2O3. The summed E-state index contributed by atoms with van der Waals surface area (Å²) in [6.07, 6.45) is 2.77. The summed E-state index contributed by atoms with van der Waals surface area (Å²) in [5, 5.41) is 5.63. The molecule has 5 heteroatoms. The summed E-state index contributed by atoms with van der Waals surface area (Å²) in [5.74, 6) is -0.536. The molecule has 0 fully saturated rings. The Kier molecular flexibility index (Phi) is 6.05. The fraction of sp³-hybridized carbons (Fsp3) is 0.182. The number of nitrogens with one attached hydrogen (secondary N) is 2. The summed E-state index contributed by atoms with van der Waals surface area (Å²) in [7, 11) is 0. The van der Waals surface area contributed by atoms with Crippen molar-refractivity contribution in [2.45, 2.75) is 18.9 Å². The minimum absolute atomic E-state index is 0.0353. The van der Waals surface area contributed by atoms with Gasteiger partial charge in [0.25, 0.3) is 5.91 Å². The molecule has 5 nitrogen and oxygen atoms in total. The highest BCUT2D eigenvalue weighted by Crippen LogP contribution is 2.23. The van der Waals surface area contributed by atoms with Gasteiger partial charge in [-0.05, 0) is 24.1 Å². The van der Waals surface area contributed by atoms with Gasteiger partial charge in [0.1, 0.15) is 12.3 Å². The average Bonchev–Trinajstić information content (AvgIpc) is 3.24. The minimum atomic E-state index is -0.653. The van der Waals surface area contributed by atoms with E-state index in [4.69, 9.17) is 4.42 Å². The third-order valence-corrected chi connectivity index (χ3v) is 4.41. The maximum atomic E-state index is 12.5. The van der Waals surface area contributed by atoms with Crippen LogP contribution in [0.2, 0.25) is 0 Å². The van der Waals surface area contributed by atoms with Gasteiger partial charge < -0.3 is 15.1 Å². The smallest absolute Gasteiger partial charge is 0.255 e. The number of amides is 2. The van der Waals surface area contributed by atoms with Gasteiger partial charge in [0.2, 0.25) is 5.91 Å². The van der Waals surface area contributed by atoms with Crippen molar-refractivity contribution < 1.29 is 14.0 Å². The molecular weight excluding hydrogens is 340 g/mol. The molecule has 0 bridgehead atoms. The van der Waals surface area contributed by atoms with Gasteiger partial charge in [-0.2, -0.15) is 0 Å². The van der Waals surface area contributed by atoms with E-state index in [0.717, 1.165) is 11.1 Å². The topological polar surface area (TPSA) is 71.3 Å². The molecule has 1 unspecified atom stereocenters. The fourth-order valence-corrected chi connectivity index (χ4v) is 2.89. The molecule has 0 aliphatic heterocycles. The van der Waals surface area contributed by atoms with Crippen LogP contribution in [0.3, 0.4) is 0 Å². The molecule has 1 heterocycles. The molecule has 2 aromatic carbocycles. The fourth-order valence-electron chi connectivity index (χ4n) is 2.89. The number of hydrogen-bond acceptors (Lipinski definition) is 3. The molecule has 3 aromatic rings. The molecule has 1 aromatic heterocycles. The molecule has 0 saturated carbocycles. The lowest BCUT2D eigenvalue weighted by atomic mass is 9.91. The Balaban J connectivity index is 1.64. The highest BCUT2D eigenvalue weighted by molar-refractivity contribution is 5.97. The van der Waals surface area contributed by atoms with Crippen LogP contribution in [0.25, 0.3) is 0 Å². The predicted octanol–water partition coefficient (Wildman–Crippen LogP) is 3.35. The average molecular weight is 362 g/mol. The van der Waals surface area contributed by atoms with E-state index in [1.54, 1.807) is 13.0 Å². The Morgan fingerprint density at radius 3 is 2.04 bits per heavy atom. The highest BCUT2D eigenvalue weighted by Gasteiger charge is 2.20. The zero-order chi connectivity index (χ0) is 19.1. The van der Waals surface area contributed by atoms with Crippen LogP contribution in [0.1, 0.15) is 34.3 Å². The van der Waals surface area contributed by atoms with Crippen molar-refractivity contribution in [2.24, 2.45) is 0 Å². The molecule has 0 aliphatic carbocycles. The van der Waals surface area contributed by atoms with Crippen LogP contribution in [-0.2, 0) is 4.79 Å². The van der Waals surface area contributed by atoms with E-state index < -0.39 is 6.04 Å². The van der Waals surface area contributed by atoms with E-state index >= 15 is 0 Å². The first-order valence-corrected chi connectivity index (χ1v) is 8.86. The van der Waals surface area contributed by atoms with E-state index in [9.17, 15) is 9.59 Å². The molecule has 2 amide bonds. The number of rotatable bonds is 7. The monoisotopic (exact) mass is 362 g/mol. The van der Waals surface area contributed by atoms with Crippen molar-refractivity contribution in [2.75, 3.05) is 6.54 Å². The Hall–Kier alpha value is -3.34. The Morgan fingerprint density at radius 2 is 1.52 bits per heavy atom. The van der Waals surface area contributed by atoms with Crippen LogP contribution < -0.4 is 10.6 Å². The van der Waals surface area contributed by atoms with Gasteiger partial charge in [-0.3, -0.25) is 9.59 Å². The lowest BCUT2D eigenvalue weighted by Crippen LogP contribution is -2.45. The van der Waals surface area contributed by atoms with Gasteiger partial charge in [0, 0.05) is 12.5 Å². The van der Waals surface area contributed by atoms with E-state index in [1.165, 1.54) is 12.5 Å². The quantitative estimate of drug-likeness (QED) is 0.677. The van der Waals surface area contributed by atoms with Crippen molar-refractivity contribution in [1.29, 1.82) is 0 Å². The molecule has 0 saturated heterocycles.